The topological polar surface area (TPSA) is 171 Å². The molecule has 3 rings (SSSR count). The van der Waals surface area contributed by atoms with Gasteiger partial charge in [-0.15, -0.1) is 11.8 Å². The normalized spacial score (nSPS) is 23.2. The highest BCUT2D eigenvalue weighted by Crippen LogP contribution is 2.37. The van der Waals surface area contributed by atoms with E-state index in [0.717, 1.165) is 16.4 Å². The van der Waals surface area contributed by atoms with Gasteiger partial charge in [0.1, 0.15) is 17.1 Å². The standard InChI is InChI=1S/C11H10N6O5S2/c12-11-14-6(16-24-11)4(15-22)7(18)13-5-8(19)17-3(10(20)21)1-2-23-9(5)17/h1,5,9,22H,2H2,(H,13,18)(H,20,21)(H2,12,14,16)/t5-,9-/m1/s1. The van der Waals surface area contributed by atoms with Crippen LogP contribution in [0.1, 0.15) is 5.82 Å². The Labute approximate surface area is 142 Å². The predicted molar refractivity (Wildman–Crippen MR) is 83.4 cm³/mol. The lowest BCUT2D eigenvalue weighted by molar-refractivity contribution is -0.150. The zero-order valence-electron chi connectivity index (χ0n) is 11.7. The van der Waals surface area contributed by atoms with Crippen LogP contribution in [-0.2, 0) is 14.4 Å². The van der Waals surface area contributed by atoms with Gasteiger partial charge in [0.05, 0.1) is 0 Å². The summed E-state index contributed by atoms with van der Waals surface area (Å²) in [5, 5.41) is 22.9. The molecule has 24 heavy (non-hydrogen) atoms. The number of nitrogens with two attached hydrogens (primary N) is 1. The van der Waals surface area contributed by atoms with E-state index in [1.54, 1.807) is 0 Å². The molecular formula is C11H10N6O5S2. The molecular weight excluding hydrogens is 360 g/mol. The van der Waals surface area contributed by atoms with Gasteiger partial charge in [0.15, 0.2) is 5.13 Å². The van der Waals surface area contributed by atoms with Gasteiger partial charge in [-0.3, -0.25) is 14.5 Å². The van der Waals surface area contributed by atoms with Crippen molar-refractivity contribution in [1.82, 2.24) is 19.6 Å². The van der Waals surface area contributed by atoms with E-state index in [1.165, 1.54) is 17.8 Å². The summed E-state index contributed by atoms with van der Waals surface area (Å²) in [6.07, 6.45) is 1.43. The van der Waals surface area contributed by atoms with Crippen LogP contribution < -0.4 is 11.1 Å². The Morgan fingerprint density at radius 3 is 2.83 bits per heavy atom. The molecule has 1 aromatic rings. The van der Waals surface area contributed by atoms with Crippen molar-refractivity contribution in [2.24, 2.45) is 5.16 Å². The summed E-state index contributed by atoms with van der Waals surface area (Å²) in [4.78, 5) is 40.3. The number of nitrogen functional groups attached to an aromatic ring is 1. The number of carboxylic acids is 1. The minimum atomic E-state index is -1.21. The van der Waals surface area contributed by atoms with Crippen molar-refractivity contribution < 1.29 is 24.7 Å². The molecule has 3 heterocycles. The first-order valence-electron chi connectivity index (χ1n) is 6.44. The summed E-state index contributed by atoms with van der Waals surface area (Å²) in [7, 11) is 0. The van der Waals surface area contributed by atoms with E-state index >= 15 is 0 Å². The number of nitrogens with one attached hydrogen (secondary N) is 1. The van der Waals surface area contributed by atoms with Crippen molar-refractivity contribution in [1.29, 1.82) is 0 Å². The number of oxime groups is 1. The quantitative estimate of drug-likeness (QED) is 0.217. The lowest BCUT2D eigenvalue weighted by Gasteiger charge is -2.48. The molecule has 1 aromatic heterocycles. The minimum absolute atomic E-state index is 0.0870. The van der Waals surface area contributed by atoms with Crippen LogP contribution in [0, 0.1) is 0 Å². The fourth-order valence-electron chi connectivity index (χ4n) is 2.27. The fourth-order valence-corrected chi connectivity index (χ4v) is 3.90. The number of amides is 2. The van der Waals surface area contributed by atoms with Gasteiger partial charge in [-0.05, 0) is 6.08 Å². The number of carboxylic acid groups (broad SMARTS) is 1. The first-order valence-corrected chi connectivity index (χ1v) is 8.27. The van der Waals surface area contributed by atoms with Gasteiger partial charge in [0, 0.05) is 17.3 Å². The van der Waals surface area contributed by atoms with Crippen molar-refractivity contribution in [2.45, 2.75) is 11.4 Å². The molecule has 13 heteroatoms. The van der Waals surface area contributed by atoms with Gasteiger partial charge < -0.3 is 21.4 Å². The number of thioether (sulfide) groups is 1. The number of aromatic nitrogens is 2. The van der Waals surface area contributed by atoms with Gasteiger partial charge >= 0.3 is 5.97 Å². The minimum Gasteiger partial charge on any atom is -0.477 e. The van der Waals surface area contributed by atoms with Crippen LogP contribution in [0.5, 0.6) is 0 Å². The molecule has 0 radical (unpaired) electrons. The van der Waals surface area contributed by atoms with Crippen molar-refractivity contribution in [3.63, 3.8) is 0 Å². The number of anilines is 1. The van der Waals surface area contributed by atoms with Gasteiger partial charge in [-0.2, -0.15) is 9.36 Å². The third kappa shape index (κ3) is 2.56. The monoisotopic (exact) mass is 370 g/mol. The predicted octanol–water partition coefficient (Wildman–Crippen LogP) is -1.33. The highest BCUT2D eigenvalue weighted by atomic mass is 32.2. The average Bonchev–Trinajstić information content (AvgIpc) is 2.98. The summed E-state index contributed by atoms with van der Waals surface area (Å²) >= 11 is 2.13. The van der Waals surface area contributed by atoms with E-state index in [9.17, 15) is 14.4 Å². The number of rotatable bonds is 4. The number of hydrogen-bond acceptors (Lipinski definition) is 10. The molecule has 0 spiro atoms. The van der Waals surface area contributed by atoms with Crippen LogP contribution in [0.2, 0.25) is 0 Å². The maximum atomic E-state index is 12.2. The van der Waals surface area contributed by atoms with E-state index in [4.69, 9.17) is 16.0 Å². The van der Waals surface area contributed by atoms with Crippen LogP contribution in [0.15, 0.2) is 16.9 Å². The van der Waals surface area contributed by atoms with Crippen molar-refractivity contribution in [3.05, 3.63) is 17.6 Å². The molecule has 5 N–H and O–H groups in total. The van der Waals surface area contributed by atoms with E-state index in [-0.39, 0.29) is 16.7 Å². The summed E-state index contributed by atoms with van der Waals surface area (Å²) in [5.74, 6) is -2.40. The van der Waals surface area contributed by atoms with E-state index < -0.39 is 34.9 Å². The van der Waals surface area contributed by atoms with Crippen molar-refractivity contribution >= 4 is 51.9 Å². The fraction of sp³-hybridized carbons (Fsp3) is 0.273. The molecule has 126 valence electrons. The Morgan fingerprint density at radius 2 is 2.25 bits per heavy atom. The van der Waals surface area contributed by atoms with Crippen LogP contribution in [0.4, 0.5) is 5.13 Å². The van der Waals surface area contributed by atoms with E-state index in [2.05, 4.69) is 19.8 Å². The zero-order chi connectivity index (χ0) is 17.4. The molecule has 0 unspecified atom stereocenters. The maximum absolute atomic E-state index is 12.2. The Balaban J connectivity index is 1.73. The Bertz CT molecular complexity index is 790. The molecule has 2 amide bonds. The van der Waals surface area contributed by atoms with Gasteiger partial charge in [0.25, 0.3) is 11.8 Å². The summed E-state index contributed by atoms with van der Waals surface area (Å²) in [6.45, 7) is 0. The average molecular weight is 370 g/mol. The maximum Gasteiger partial charge on any atom is 0.352 e. The van der Waals surface area contributed by atoms with Gasteiger partial charge in [-0.25, -0.2) is 4.79 Å². The third-order valence-corrected chi connectivity index (χ3v) is 5.05. The lowest BCUT2D eigenvalue weighted by atomic mass is 10.0. The van der Waals surface area contributed by atoms with E-state index in [1.807, 2.05) is 0 Å². The smallest absolute Gasteiger partial charge is 0.352 e. The molecule has 11 nitrogen and oxygen atoms in total. The molecule has 1 fully saturated rings. The second-order valence-electron chi connectivity index (χ2n) is 4.68. The molecule has 0 aromatic carbocycles. The number of hydrogen-bond donors (Lipinski definition) is 4. The zero-order valence-corrected chi connectivity index (χ0v) is 13.4. The molecule has 0 saturated carbocycles. The Kier molecular flexibility index (Phi) is 4.11. The second-order valence-corrected chi connectivity index (χ2v) is 6.62. The SMILES string of the molecule is Nc1nc(C(=NO)C(=O)N[C@@H]2C(=O)N3C(C(=O)O)=CCS[C@H]23)ns1. The summed E-state index contributed by atoms with van der Waals surface area (Å²) in [6, 6.07) is -0.932. The molecule has 2 aliphatic heterocycles. The first-order chi connectivity index (χ1) is 11.4. The van der Waals surface area contributed by atoms with Crippen LogP contribution >= 0.6 is 23.3 Å². The number of nitrogens with zero attached hydrogens (tertiary/aromatic N) is 4. The van der Waals surface area contributed by atoms with Crippen molar-refractivity contribution in [2.75, 3.05) is 11.5 Å². The number of aliphatic carboxylic acids is 1. The molecule has 2 aliphatic rings. The lowest BCUT2D eigenvalue weighted by Crippen LogP contribution is -2.70. The number of fused-ring (bicyclic) bond motifs is 1. The largest absolute Gasteiger partial charge is 0.477 e. The second kappa shape index (κ2) is 6.09. The van der Waals surface area contributed by atoms with Crippen LogP contribution in [0.3, 0.4) is 0 Å². The highest BCUT2D eigenvalue weighted by molar-refractivity contribution is 8.00. The van der Waals surface area contributed by atoms with Crippen LogP contribution in [-0.4, -0.2) is 65.2 Å². The Morgan fingerprint density at radius 1 is 1.50 bits per heavy atom. The summed E-state index contributed by atoms with van der Waals surface area (Å²) < 4.78 is 3.76. The highest BCUT2D eigenvalue weighted by Gasteiger charge is 2.53. The molecule has 2 atom stereocenters. The number of carbonyl (C=O) groups excluding carboxylic acids is 2. The number of carbonyl (C=O) groups is 3. The van der Waals surface area contributed by atoms with Gasteiger partial charge in [0.2, 0.25) is 11.5 Å². The number of β-lactam (4-membered cyclic amide) rings is 1. The van der Waals surface area contributed by atoms with E-state index in [0.29, 0.717) is 5.75 Å². The molecule has 0 bridgehead atoms. The van der Waals surface area contributed by atoms with Crippen molar-refractivity contribution in [3.8, 4) is 0 Å². The molecule has 1 saturated heterocycles. The first kappa shape index (κ1) is 16.2. The van der Waals surface area contributed by atoms with Gasteiger partial charge in [-0.1, -0.05) is 5.16 Å². The van der Waals surface area contributed by atoms with Crippen LogP contribution in [0.25, 0.3) is 0 Å². The molecule has 0 aliphatic carbocycles. The Hall–Kier alpha value is -2.67. The third-order valence-electron chi connectivity index (χ3n) is 3.32. The summed E-state index contributed by atoms with van der Waals surface area (Å²) in [5.41, 5.74) is 4.82.